The Kier molecular flexibility index (Phi) is 9.77. The lowest BCUT2D eigenvalue weighted by molar-refractivity contribution is -0.378. The third kappa shape index (κ3) is 6.31. The van der Waals surface area contributed by atoms with Gasteiger partial charge in [0, 0.05) is 54.8 Å². The third-order valence-corrected chi connectivity index (χ3v) is 17.1. The van der Waals surface area contributed by atoms with E-state index in [1.807, 2.05) is 0 Å². The number of carbonyl (C=O) groups is 4. The van der Waals surface area contributed by atoms with E-state index in [4.69, 9.17) is 27.9 Å². The molecule has 4 aliphatic heterocycles. The SMILES string of the molecule is CC(C)[Si](Oc1ccc2c(c1)C1(OC(=O)C=CC(=O)O1)N(CCN1CCC(c3noc4cc(F)ccc34)CC1)C21OC(=O)C=CC(=O)O1)(C(C)C)C(C)C. The van der Waals surface area contributed by atoms with Crippen molar-refractivity contribution in [2.45, 2.75) is 88.7 Å². The molecule has 0 saturated carbocycles. The highest BCUT2D eigenvalue weighted by Crippen LogP contribution is 2.55. The monoisotopic (exact) mass is 761 g/mol. The summed E-state index contributed by atoms with van der Waals surface area (Å²) in [5, 5.41) is 5.02. The van der Waals surface area contributed by atoms with Crippen LogP contribution in [0.15, 0.2) is 65.2 Å². The smallest absolute Gasteiger partial charge is 0.356 e. The van der Waals surface area contributed by atoms with Crippen molar-refractivity contribution in [3.63, 3.8) is 0 Å². The van der Waals surface area contributed by atoms with Crippen molar-refractivity contribution in [3.8, 4) is 5.75 Å². The highest BCUT2D eigenvalue weighted by molar-refractivity contribution is 6.78. The molecular formula is C39H44FN3O10Si. The normalized spacial score (nSPS) is 20.4. The zero-order valence-corrected chi connectivity index (χ0v) is 32.1. The molecule has 0 aliphatic carbocycles. The lowest BCUT2D eigenvalue weighted by Gasteiger charge is -2.43. The van der Waals surface area contributed by atoms with Gasteiger partial charge in [0.1, 0.15) is 11.6 Å². The molecule has 7 rings (SSSR count). The van der Waals surface area contributed by atoms with Crippen LogP contribution in [0.4, 0.5) is 4.39 Å². The minimum atomic E-state index is -2.53. The number of aromatic nitrogens is 1. The average molecular weight is 762 g/mol. The molecule has 5 heterocycles. The molecule has 3 aromatic rings. The third-order valence-electron chi connectivity index (χ3n) is 11.1. The van der Waals surface area contributed by atoms with Crippen molar-refractivity contribution in [2.75, 3.05) is 26.2 Å². The van der Waals surface area contributed by atoms with E-state index in [0.717, 1.165) is 35.4 Å². The summed E-state index contributed by atoms with van der Waals surface area (Å²) in [6, 6.07) is 9.30. The Bertz CT molecular complexity index is 1990. The number of likely N-dealkylation sites (tertiary alicyclic amines) is 1. The second kappa shape index (κ2) is 14.1. The average Bonchev–Trinajstić information content (AvgIpc) is 3.49. The molecule has 1 saturated heterocycles. The van der Waals surface area contributed by atoms with Gasteiger partial charge in [0.25, 0.3) is 8.32 Å². The number of fused-ring (bicyclic) bond motifs is 4. The first-order chi connectivity index (χ1) is 25.7. The van der Waals surface area contributed by atoms with Crippen LogP contribution in [0.2, 0.25) is 16.6 Å². The Hall–Kier alpha value is -4.86. The number of benzene rings is 2. The Morgan fingerprint density at radius 3 is 1.83 bits per heavy atom. The van der Waals surface area contributed by atoms with Gasteiger partial charge < -0.3 is 32.8 Å². The van der Waals surface area contributed by atoms with Crippen molar-refractivity contribution in [2.24, 2.45) is 0 Å². The predicted molar refractivity (Wildman–Crippen MR) is 193 cm³/mol. The van der Waals surface area contributed by atoms with E-state index < -0.39 is 49.8 Å². The van der Waals surface area contributed by atoms with E-state index in [9.17, 15) is 23.6 Å². The number of halogens is 1. The van der Waals surface area contributed by atoms with Gasteiger partial charge in [-0.1, -0.05) is 46.7 Å². The molecule has 2 spiro atoms. The first-order valence-corrected chi connectivity index (χ1v) is 20.5. The fourth-order valence-corrected chi connectivity index (χ4v) is 14.0. The number of nitrogens with zero attached hydrogens (tertiary/aromatic N) is 3. The topological polar surface area (TPSA) is 147 Å². The molecule has 54 heavy (non-hydrogen) atoms. The van der Waals surface area contributed by atoms with Crippen LogP contribution in [0.5, 0.6) is 5.75 Å². The van der Waals surface area contributed by atoms with Crippen LogP contribution in [0.25, 0.3) is 11.0 Å². The molecule has 2 aromatic carbocycles. The van der Waals surface area contributed by atoms with Gasteiger partial charge in [-0.15, -0.1) is 4.90 Å². The standard InChI is InChI=1S/C39H44FN3O10Si/c1-23(2)54(24(3)4,25(5)6)53-28-8-10-30-31(22-28)39(50-35(46)13-14-36(47)51-39)43(38(30)48-33(44)11-12-34(45)49-38)20-19-42-17-15-26(16-18-42)37-29-9-7-27(40)21-32(29)52-41-37/h7-14,21-26H,15-20H2,1-6H3. The zero-order valence-electron chi connectivity index (χ0n) is 31.1. The van der Waals surface area contributed by atoms with E-state index in [-0.39, 0.29) is 46.8 Å². The maximum absolute atomic E-state index is 13.8. The second-order valence-corrected chi connectivity index (χ2v) is 20.5. The molecule has 15 heteroatoms. The number of rotatable bonds is 9. The van der Waals surface area contributed by atoms with Crippen LogP contribution in [-0.2, 0) is 49.9 Å². The quantitative estimate of drug-likeness (QED) is 0.179. The number of ether oxygens (including phenoxy) is 4. The fourth-order valence-electron chi connectivity index (χ4n) is 8.79. The van der Waals surface area contributed by atoms with Crippen molar-refractivity contribution >= 4 is 43.2 Å². The van der Waals surface area contributed by atoms with Gasteiger partial charge in [0.05, 0.1) is 16.8 Å². The van der Waals surface area contributed by atoms with Gasteiger partial charge in [-0.25, -0.2) is 23.6 Å². The van der Waals surface area contributed by atoms with Crippen molar-refractivity contribution in [1.82, 2.24) is 15.0 Å². The molecule has 1 aromatic heterocycles. The molecular weight excluding hydrogens is 718 g/mol. The molecule has 0 bridgehead atoms. The van der Waals surface area contributed by atoms with Crippen LogP contribution in [0.1, 0.15) is 77.1 Å². The van der Waals surface area contributed by atoms with Gasteiger partial charge in [-0.3, -0.25) is 0 Å². The maximum Gasteiger partial charge on any atom is 0.356 e. The summed E-state index contributed by atoms with van der Waals surface area (Å²) in [6.45, 7) is 14.3. The Morgan fingerprint density at radius 1 is 0.759 bits per heavy atom. The molecule has 286 valence electrons. The lowest BCUT2D eigenvalue weighted by atomic mass is 9.91. The Balaban J connectivity index is 1.26. The number of carbonyl (C=O) groups excluding carboxylic acids is 4. The highest BCUT2D eigenvalue weighted by atomic mass is 28.4. The van der Waals surface area contributed by atoms with Crippen molar-refractivity contribution < 1.29 is 51.5 Å². The molecule has 0 radical (unpaired) electrons. The molecule has 4 aliphatic rings. The predicted octanol–water partition coefficient (Wildman–Crippen LogP) is 6.25. The van der Waals surface area contributed by atoms with E-state index >= 15 is 0 Å². The summed E-state index contributed by atoms with van der Waals surface area (Å²) in [5.74, 6) is -8.14. The second-order valence-electron chi connectivity index (χ2n) is 15.1. The minimum Gasteiger partial charge on any atom is -0.543 e. The molecule has 0 unspecified atom stereocenters. The minimum absolute atomic E-state index is 0.0583. The number of hydrogen-bond donors (Lipinski definition) is 0. The van der Waals surface area contributed by atoms with Crippen molar-refractivity contribution in [1.29, 1.82) is 0 Å². The number of esters is 4. The van der Waals surface area contributed by atoms with E-state index in [0.29, 0.717) is 37.3 Å². The zero-order chi connectivity index (χ0) is 38.6. The molecule has 0 amide bonds. The maximum atomic E-state index is 13.8. The summed E-state index contributed by atoms with van der Waals surface area (Å²) < 4.78 is 50.2. The summed E-state index contributed by atoms with van der Waals surface area (Å²) in [6.07, 6.45) is 5.20. The summed E-state index contributed by atoms with van der Waals surface area (Å²) in [4.78, 5) is 56.4. The molecule has 0 N–H and O–H groups in total. The van der Waals surface area contributed by atoms with Gasteiger partial charge in [-0.05, 0) is 72.9 Å². The van der Waals surface area contributed by atoms with Crippen LogP contribution < -0.4 is 4.43 Å². The first kappa shape index (κ1) is 37.5. The van der Waals surface area contributed by atoms with Crippen LogP contribution >= 0.6 is 0 Å². The fraction of sp³-hybridized carbons (Fsp3) is 0.462. The summed E-state index contributed by atoms with van der Waals surface area (Å²) in [5.41, 5.74) is 2.03. The van der Waals surface area contributed by atoms with E-state index in [1.165, 1.54) is 17.0 Å². The van der Waals surface area contributed by atoms with Gasteiger partial charge >= 0.3 is 35.7 Å². The lowest BCUT2D eigenvalue weighted by Crippen LogP contribution is -2.59. The Morgan fingerprint density at radius 2 is 1.30 bits per heavy atom. The largest absolute Gasteiger partial charge is 0.543 e. The van der Waals surface area contributed by atoms with Crippen LogP contribution in [0, 0.1) is 5.82 Å². The number of hydrogen-bond acceptors (Lipinski definition) is 13. The van der Waals surface area contributed by atoms with E-state index in [1.54, 1.807) is 24.3 Å². The highest BCUT2D eigenvalue weighted by Gasteiger charge is 2.69. The molecule has 1 fully saturated rings. The molecule has 13 nitrogen and oxygen atoms in total. The van der Waals surface area contributed by atoms with Gasteiger partial charge in [-0.2, -0.15) is 0 Å². The first-order valence-electron chi connectivity index (χ1n) is 18.4. The van der Waals surface area contributed by atoms with E-state index in [2.05, 4.69) is 51.6 Å². The Labute approximate surface area is 313 Å². The van der Waals surface area contributed by atoms with Crippen LogP contribution in [0.3, 0.4) is 0 Å². The van der Waals surface area contributed by atoms with Crippen LogP contribution in [-0.4, -0.2) is 73.3 Å². The van der Waals surface area contributed by atoms with Gasteiger partial charge in [0.2, 0.25) is 0 Å². The van der Waals surface area contributed by atoms with Gasteiger partial charge in [0.15, 0.2) is 5.58 Å². The van der Waals surface area contributed by atoms with Crippen molar-refractivity contribution in [3.05, 3.63) is 83.3 Å². The number of piperidine rings is 1. The summed E-state index contributed by atoms with van der Waals surface area (Å²) >= 11 is 0. The molecule has 0 atom stereocenters. The summed E-state index contributed by atoms with van der Waals surface area (Å²) in [7, 11) is -2.53.